The van der Waals surface area contributed by atoms with Gasteiger partial charge in [0.25, 0.3) is 0 Å². The summed E-state index contributed by atoms with van der Waals surface area (Å²) in [4.78, 5) is 12.7. The van der Waals surface area contributed by atoms with Crippen LogP contribution in [0.2, 0.25) is 0 Å². The molecule has 0 radical (unpaired) electrons. The molecule has 0 atom stereocenters. The van der Waals surface area contributed by atoms with E-state index in [0.717, 1.165) is 36.6 Å². The molecule has 1 fully saturated rings. The highest BCUT2D eigenvalue weighted by Crippen LogP contribution is 2.31. The van der Waals surface area contributed by atoms with Crippen molar-refractivity contribution in [1.82, 2.24) is 5.01 Å². The van der Waals surface area contributed by atoms with E-state index in [2.05, 4.69) is 0 Å². The fourth-order valence-electron chi connectivity index (χ4n) is 4.02. The second kappa shape index (κ2) is 7.33. The number of hydrazine groups is 1. The summed E-state index contributed by atoms with van der Waals surface area (Å²) < 4.78 is 13.4. The van der Waals surface area contributed by atoms with Gasteiger partial charge in [-0.2, -0.15) is 0 Å². The van der Waals surface area contributed by atoms with E-state index in [-0.39, 0.29) is 11.7 Å². The molecule has 0 bridgehead atoms. The van der Waals surface area contributed by atoms with Crippen molar-refractivity contribution in [2.75, 3.05) is 18.1 Å². The minimum absolute atomic E-state index is 0.197. The van der Waals surface area contributed by atoms with Gasteiger partial charge in [0.05, 0.1) is 5.69 Å². The van der Waals surface area contributed by atoms with Crippen LogP contribution in [0.15, 0.2) is 18.2 Å². The Labute approximate surface area is 138 Å². The van der Waals surface area contributed by atoms with Gasteiger partial charge in [-0.25, -0.2) is 4.39 Å². The van der Waals surface area contributed by atoms with Crippen molar-refractivity contribution in [2.24, 2.45) is 5.92 Å². The summed E-state index contributed by atoms with van der Waals surface area (Å²) in [5, 5.41) is 3.89. The van der Waals surface area contributed by atoms with Gasteiger partial charge in [0.15, 0.2) is 0 Å². The second-order valence-electron chi connectivity index (χ2n) is 6.80. The first-order valence-electron chi connectivity index (χ1n) is 9.05. The van der Waals surface area contributed by atoms with Crippen LogP contribution in [0.4, 0.5) is 10.1 Å². The van der Waals surface area contributed by atoms with Gasteiger partial charge >= 0.3 is 0 Å². The number of nitrogens with zero attached hydrogens (tertiary/aromatic N) is 2. The summed E-state index contributed by atoms with van der Waals surface area (Å²) >= 11 is 0. The number of amides is 1. The fraction of sp³-hybridized carbons (Fsp3) is 0.632. The lowest BCUT2D eigenvalue weighted by molar-refractivity contribution is -0.132. The van der Waals surface area contributed by atoms with Crippen molar-refractivity contribution in [3.05, 3.63) is 29.6 Å². The number of hydrogen-bond acceptors (Lipinski definition) is 2. The van der Waals surface area contributed by atoms with E-state index in [4.69, 9.17) is 0 Å². The van der Waals surface area contributed by atoms with Gasteiger partial charge in [-0.05, 0) is 49.4 Å². The maximum absolute atomic E-state index is 13.4. The highest BCUT2D eigenvalue weighted by atomic mass is 19.1. The third-order valence-corrected chi connectivity index (χ3v) is 5.28. The van der Waals surface area contributed by atoms with Crippen LogP contribution in [0, 0.1) is 11.7 Å². The molecule has 2 aliphatic rings. The maximum Gasteiger partial charge on any atom is 0.241 e. The molecule has 1 aliphatic carbocycles. The van der Waals surface area contributed by atoms with Crippen LogP contribution >= 0.6 is 0 Å². The lowest BCUT2D eigenvalue weighted by atomic mass is 9.86. The standard InChI is InChI=1S/C19H27FN2O/c1-2-21(19(23)11-8-15-6-4-3-5-7-15)22-13-12-16-14-17(20)9-10-18(16)22/h9-10,14-15H,2-8,11-13H2,1H3. The highest BCUT2D eigenvalue weighted by Gasteiger charge is 2.27. The van der Waals surface area contributed by atoms with Crippen molar-refractivity contribution in [3.63, 3.8) is 0 Å². The average molecular weight is 318 g/mol. The Hall–Kier alpha value is -1.58. The Morgan fingerprint density at radius 2 is 2.09 bits per heavy atom. The molecule has 0 saturated heterocycles. The predicted molar refractivity (Wildman–Crippen MR) is 90.6 cm³/mol. The van der Waals surface area contributed by atoms with E-state index in [1.807, 2.05) is 16.9 Å². The van der Waals surface area contributed by atoms with Crippen molar-refractivity contribution in [2.45, 2.75) is 58.3 Å². The maximum atomic E-state index is 13.4. The molecule has 4 heteroatoms. The van der Waals surface area contributed by atoms with Gasteiger partial charge in [0, 0.05) is 19.5 Å². The van der Waals surface area contributed by atoms with Gasteiger partial charge in [0.2, 0.25) is 5.91 Å². The second-order valence-corrected chi connectivity index (χ2v) is 6.80. The molecule has 1 amide bonds. The smallest absolute Gasteiger partial charge is 0.241 e. The van der Waals surface area contributed by atoms with E-state index in [1.165, 1.54) is 38.2 Å². The molecule has 1 aliphatic heterocycles. The minimum Gasteiger partial charge on any atom is -0.282 e. The Kier molecular flexibility index (Phi) is 5.19. The Balaban J connectivity index is 1.62. The molecule has 1 heterocycles. The summed E-state index contributed by atoms with van der Waals surface area (Å²) in [7, 11) is 0. The number of halogens is 1. The zero-order valence-corrected chi connectivity index (χ0v) is 14.1. The first kappa shape index (κ1) is 16.3. The number of hydrogen-bond donors (Lipinski definition) is 0. The Morgan fingerprint density at radius 1 is 1.30 bits per heavy atom. The van der Waals surface area contributed by atoms with Crippen molar-refractivity contribution in [3.8, 4) is 0 Å². The third kappa shape index (κ3) is 3.67. The minimum atomic E-state index is -0.197. The molecule has 0 unspecified atom stereocenters. The summed E-state index contributed by atoms with van der Waals surface area (Å²) in [5.74, 6) is 0.735. The van der Waals surface area contributed by atoms with Crippen molar-refractivity contribution in [1.29, 1.82) is 0 Å². The van der Waals surface area contributed by atoms with Crippen LogP contribution < -0.4 is 5.01 Å². The van der Waals surface area contributed by atoms with E-state index < -0.39 is 0 Å². The van der Waals surface area contributed by atoms with Crippen LogP contribution in [-0.4, -0.2) is 24.0 Å². The van der Waals surface area contributed by atoms with Gasteiger partial charge in [-0.1, -0.05) is 32.1 Å². The number of rotatable bonds is 5. The summed E-state index contributed by atoms with van der Waals surface area (Å²) in [6.07, 6.45) is 9.01. The highest BCUT2D eigenvalue weighted by molar-refractivity contribution is 5.79. The van der Waals surface area contributed by atoms with Gasteiger partial charge in [0.1, 0.15) is 5.82 Å². The van der Waals surface area contributed by atoms with Crippen molar-refractivity contribution >= 4 is 11.6 Å². The summed E-state index contributed by atoms with van der Waals surface area (Å²) in [6.45, 7) is 3.45. The molecular formula is C19H27FN2O. The van der Waals surface area contributed by atoms with E-state index in [9.17, 15) is 9.18 Å². The van der Waals surface area contributed by atoms with Crippen LogP contribution in [0.5, 0.6) is 0 Å². The lowest BCUT2D eigenvalue weighted by Gasteiger charge is -2.33. The first-order valence-corrected chi connectivity index (χ1v) is 9.05. The quantitative estimate of drug-likeness (QED) is 0.807. The monoisotopic (exact) mass is 318 g/mol. The number of anilines is 1. The van der Waals surface area contributed by atoms with E-state index in [0.29, 0.717) is 13.0 Å². The molecule has 126 valence electrons. The van der Waals surface area contributed by atoms with Crippen LogP contribution in [0.3, 0.4) is 0 Å². The summed E-state index contributed by atoms with van der Waals surface area (Å²) in [5.41, 5.74) is 1.99. The number of carbonyl (C=O) groups is 1. The van der Waals surface area contributed by atoms with Gasteiger partial charge in [-0.3, -0.25) is 14.8 Å². The molecule has 1 aromatic rings. The topological polar surface area (TPSA) is 23.6 Å². The molecule has 1 aromatic carbocycles. The summed E-state index contributed by atoms with van der Waals surface area (Å²) in [6, 6.07) is 4.88. The molecule has 0 spiro atoms. The molecule has 1 saturated carbocycles. The Bertz CT molecular complexity index is 554. The first-order chi connectivity index (χ1) is 11.2. The van der Waals surface area contributed by atoms with Crippen LogP contribution in [0.1, 0.15) is 57.4 Å². The molecular weight excluding hydrogens is 291 g/mol. The zero-order chi connectivity index (χ0) is 16.2. The average Bonchev–Trinajstić information content (AvgIpc) is 2.97. The number of carbonyl (C=O) groups excluding carboxylic acids is 1. The van der Waals surface area contributed by atoms with E-state index in [1.54, 1.807) is 12.1 Å². The van der Waals surface area contributed by atoms with Crippen LogP contribution in [-0.2, 0) is 11.2 Å². The van der Waals surface area contributed by atoms with Gasteiger partial charge in [-0.15, -0.1) is 0 Å². The zero-order valence-electron chi connectivity index (χ0n) is 14.1. The van der Waals surface area contributed by atoms with Crippen LogP contribution in [0.25, 0.3) is 0 Å². The molecule has 3 nitrogen and oxygen atoms in total. The molecule has 23 heavy (non-hydrogen) atoms. The molecule has 0 N–H and O–H groups in total. The molecule has 3 rings (SSSR count). The van der Waals surface area contributed by atoms with E-state index >= 15 is 0 Å². The lowest BCUT2D eigenvalue weighted by Crippen LogP contribution is -2.45. The predicted octanol–water partition coefficient (Wildman–Crippen LogP) is 4.31. The SMILES string of the molecule is CCN(C(=O)CCC1CCCCC1)N1CCc2cc(F)ccc21. The third-order valence-electron chi connectivity index (χ3n) is 5.28. The Morgan fingerprint density at radius 3 is 2.83 bits per heavy atom. The number of fused-ring (bicyclic) bond motifs is 1. The largest absolute Gasteiger partial charge is 0.282 e. The van der Waals surface area contributed by atoms with Crippen molar-refractivity contribution < 1.29 is 9.18 Å². The van der Waals surface area contributed by atoms with Gasteiger partial charge < -0.3 is 0 Å². The number of benzene rings is 1. The normalized spacial score (nSPS) is 18.1. The molecule has 0 aromatic heterocycles. The fourth-order valence-corrected chi connectivity index (χ4v) is 4.02.